The van der Waals surface area contributed by atoms with E-state index in [1.807, 2.05) is 35.7 Å². The Morgan fingerprint density at radius 1 is 0.800 bits per heavy atom. The monoisotopic (exact) mass is 618 g/mol. The number of carboxylic acids is 3. The van der Waals surface area contributed by atoms with Crippen LogP contribution in [0.15, 0.2) is 95.5 Å². The second kappa shape index (κ2) is 14.1. The summed E-state index contributed by atoms with van der Waals surface area (Å²) in [5, 5.41) is 29.4. The van der Waals surface area contributed by atoms with Crippen molar-refractivity contribution in [3.8, 4) is 33.2 Å². The molecule has 1 aliphatic heterocycles. The standard InChI is InChI=1S/C34H26N4O6S/c39-32(40)5-1-3-21-6-9-25(36-20-21)27-15-22(7-10-33(41)42)17-29(37-27)30-18-23(8-11-34(43)44)16-28(38-30)26-19-24(12-13-35-26)31-4-2-14-45-31/h1-2,4-5,7-21H,3,6H2,(H,39,40)(H,41,42)(H,43,44)/b5-1+,10-7+,11-8+. The van der Waals surface area contributed by atoms with Gasteiger partial charge in [-0.3, -0.25) is 9.98 Å². The predicted octanol–water partition coefficient (Wildman–Crippen LogP) is 6.59. The Bertz CT molecular complexity index is 1910. The van der Waals surface area contributed by atoms with Crippen molar-refractivity contribution in [3.63, 3.8) is 0 Å². The van der Waals surface area contributed by atoms with Crippen LogP contribution in [0.5, 0.6) is 0 Å². The van der Waals surface area contributed by atoms with Crippen LogP contribution in [0, 0.1) is 5.92 Å². The zero-order valence-electron chi connectivity index (χ0n) is 23.6. The normalized spacial score (nSPS) is 14.8. The maximum Gasteiger partial charge on any atom is 0.328 e. The summed E-state index contributed by atoms with van der Waals surface area (Å²) >= 11 is 1.60. The highest BCUT2D eigenvalue weighted by Gasteiger charge is 2.16. The molecule has 0 aromatic carbocycles. The minimum absolute atomic E-state index is 0.0262. The van der Waals surface area contributed by atoms with Gasteiger partial charge < -0.3 is 15.3 Å². The van der Waals surface area contributed by atoms with Gasteiger partial charge in [-0.25, -0.2) is 24.4 Å². The van der Waals surface area contributed by atoms with E-state index < -0.39 is 17.9 Å². The largest absolute Gasteiger partial charge is 0.478 e. The van der Waals surface area contributed by atoms with Crippen molar-refractivity contribution in [3.05, 3.63) is 107 Å². The third-order valence-electron chi connectivity index (χ3n) is 6.62. The fourth-order valence-corrected chi connectivity index (χ4v) is 5.28. The number of nitrogens with zero attached hydrogens (tertiary/aromatic N) is 4. The lowest BCUT2D eigenvalue weighted by molar-refractivity contribution is -0.132. The van der Waals surface area contributed by atoms with Gasteiger partial charge in [-0.1, -0.05) is 18.2 Å². The molecule has 224 valence electrons. The Labute approximate surface area is 261 Å². The van der Waals surface area contributed by atoms with E-state index in [9.17, 15) is 24.6 Å². The number of hydrogen-bond donors (Lipinski definition) is 3. The van der Waals surface area contributed by atoms with E-state index in [1.165, 1.54) is 12.2 Å². The van der Waals surface area contributed by atoms with Crippen molar-refractivity contribution in [2.24, 2.45) is 10.9 Å². The number of thiophene rings is 1. The third kappa shape index (κ3) is 8.39. The fraction of sp³-hybridized carbons (Fsp3) is 0.0882. The van der Waals surface area contributed by atoms with Crippen LogP contribution >= 0.6 is 11.3 Å². The maximum absolute atomic E-state index is 11.3. The van der Waals surface area contributed by atoms with Gasteiger partial charge in [0.15, 0.2) is 0 Å². The number of aromatic nitrogens is 3. The summed E-state index contributed by atoms with van der Waals surface area (Å²) in [5.74, 6) is -3.20. The summed E-state index contributed by atoms with van der Waals surface area (Å²) < 4.78 is 0. The topological polar surface area (TPSA) is 163 Å². The highest BCUT2D eigenvalue weighted by molar-refractivity contribution is 7.13. The molecule has 4 aromatic heterocycles. The van der Waals surface area contributed by atoms with Gasteiger partial charge in [-0.05, 0) is 89.5 Å². The van der Waals surface area contributed by atoms with Crippen LogP contribution in [0.25, 0.3) is 51.1 Å². The molecule has 0 amide bonds. The van der Waals surface area contributed by atoms with E-state index in [0.29, 0.717) is 58.1 Å². The molecule has 0 bridgehead atoms. The summed E-state index contributed by atoms with van der Waals surface area (Å²) in [6.45, 7) is 0. The molecule has 45 heavy (non-hydrogen) atoms. The van der Waals surface area contributed by atoms with E-state index in [1.54, 1.807) is 54.1 Å². The molecule has 11 heteroatoms. The second-order valence-corrected chi connectivity index (χ2v) is 10.9. The SMILES string of the molecule is O=C(O)/C=C/CC1C=NC(c2cc(/C=C/C(=O)O)cc(-c3cc(/C=C/C(=O)O)cc(-c4cc(-c5cccs5)ccn4)n3)n2)=CC1. The average Bonchev–Trinajstić information content (AvgIpc) is 3.58. The Balaban J connectivity index is 1.58. The second-order valence-electron chi connectivity index (χ2n) is 9.93. The first kappa shape index (κ1) is 30.6. The number of allylic oxidation sites excluding steroid dienone is 2. The lowest BCUT2D eigenvalue weighted by Crippen LogP contribution is -2.05. The number of aliphatic carboxylic acids is 3. The van der Waals surface area contributed by atoms with Crippen LogP contribution in [-0.4, -0.2) is 54.4 Å². The van der Waals surface area contributed by atoms with Gasteiger partial charge in [0.05, 0.1) is 34.2 Å². The summed E-state index contributed by atoms with van der Waals surface area (Å²) in [6.07, 6.45) is 14.1. The number of carboxylic acid groups (broad SMARTS) is 3. The average molecular weight is 619 g/mol. The third-order valence-corrected chi connectivity index (χ3v) is 7.54. The molecule has 0 spiro atoms. The minimum atomic E-state index is -1.11. The lowest BCUT2D eigenvalue weighted by atomic mass is 9.98. The molecule has 0 fully saturated rings. The number of pyridine rings is 3. The van der Waals surface area contributed by atoms with Crippen molar-refractivity contribution in [2.75, 3.05) is 0 Å². The van der Waals surface area contributed by atoms with Crippen LogP contribution in [-0.2, 0) is 14.4 Å². The van der Waals surface area contributed by atoms with E-state index in [-0.39, 0.29) is 5.92 Å². The first-order valence-electron chi connectivity index (χ1n) is 13.7. The van der Waals surface area contributed by atoms with Crippen molar-refractivity contribution >= 4 is 53.3 Å². The molecule has 1 atom stereocenters. The van der Waals surface area contributed by atoms with Gasteiger partial charge in [0, 0.05) is 41.4 Å². The van der Waals surface area contributed by atoms with Crippen LogP contribution in [0.4, 0.5) is 0 Å². The summed E-state index contributed by atoms with van der Waals surface area (Å²) in [4.78, 5) is 53.2. The number of carbonyl (C=O) groups is 3. The van der Waals surface area contributed by atoms with Crippen molar-refractivity contribution in [1.82, 2.24) is 15.0 Å². The molecule has 0 aliphatic carbocycles. The minimum Gasteiger partial charge on any atom is -0.478 e. The Morgan fingerprint density at radius 3 is 2.00 bits per heavy atom. The van der Waals surface area contributed by atoms with Gasteiger partial charge in [0.2, 0.25) is 0 Å². The highest BCUT2D eigenvalue weighted by Crippen LogP contribution is 2.31. The molecule has 1 unspecified atom stereocenters. The quantitative estimate of drug-likeness (QED) is 0.157. The Kier molecular flexibility index (Phi) is 9.61. The number of rotatable bonds is 11. The fourth-order valence-electron chi connectivity index (χ4n) is 4.56. The number of hydrogen-bond acceptors (Lipinski definition) is 8. The summed E-state index contributed by atoms with van der Waals surface area (Å²) in [6, 6.07) is 14.6. The molecule has 1 aliphatic rings. The molecule has 5 heterocycles. The smallest absolute Gasteiger partial charge is 0.328 e. The highest BCUT2D eigenvalue weighted by atomic mass is 32.1. The van der Waals surface area contributed by atoms with Crippen molar-refractivity contribution in [1.29, 1.82) is 0 Å². The molecular formula is C34H26N4O6S. The van der Waals surface area contributed by atoms with Gasteiger partial charge >= 0.3 is 17.9 Å². The van der Waals surface area contributed by atoms with Gasteiger partial charge in [0.25, 0.3) is 0 Å². The van der Waals surface area contributed by atoms with Gasteiger partial charge in [-0.15, -0.1) is 11.3 Å². The zero-order chi connectivity index (χ0) is 31.8. The van der Waals surface area contributed by atoms with Crippen molar-refractivity contribution < 1.29 is 29.7 Å². The van der Waals surface area contributed by atoms with E-state index in [0.717, 1.165) is 28.7 Å². The van der Waals surface area contributed by atoms with Crippen LogP contribution < -0.4 is 0 Å². The molecule has 0 saturated carbocycles. The first-order chi connectivity index (χ1) is 21.7. The molecule has 0 radical (unpaired) electrons. The molecule has 4 aromatic rings. The van der Waals surface area contributed by atoms with Gasteiger partial charge in [0.1, 0.15) is 0 Å². The summed E-state index contributed by atoms with van der Waals surface area (Å²) in [5.41, 5.74) is 5.05. The van der Waals surface area contributed by atoms with E-state index in [4.69, 9.17) is 15.1 Å². The molecular weight excluding hydrogens is 592 g/mol. The van der Waals surface area contributed by atoms with E-state index in [2.05, 4.69) is 9.98 Å². The maximum atomic E-state index is 11.3. The molecule has 5 rings (SSSR count). The van der Waals surface area contributed by atoms with Gasteiger partial charge in [-0.2, -0.15) is 0 Å². The number of aliphatic imine (C=N–C) groups is 1. The zero-order valence-corrected chi connectivity index (χ0v) is 24.5. The van der Waals surface area contributed by atoms with Crippen LogP contribution in [0.1, 0.15) is 29.7 Å². The molecule has 10 nitrogen and oxygen atoms in total. The molecule has 0 saturated heterocycles. The molecule has 3 N–H and O–H groups in total. The summed E-state index contributed by atoms with van der Waals surface area (Å²) in [7, 11) is 0. The predicted molar refractivity (Wildman–Crippen MR) is 173 cm³/mol. The Morgan fingerprint density at radius 2 is 1.42 bits per heavy atom. The van der Waals surface area contributed by atoms with E-state index >= 15 is 0 Å². The first-order valence-corrected chi connectivity index (χ1v) is 14.6. The van der Waals surface area contributed by atoms with Crippen LogP contribution in [0.2, 0.25) is 0 Å². The lowest BCUT2D eigenvalue weighted by Gasteiger charge is -2.15. The Hall–Kier alpha value is -5.81. The van der Waals surface area contributed by atoms with Crippen LogP contribution in [0.3, 0.4) is 0 Å². The van der Waals surface area contributed by atoms with Crippen molar-refractivity contribution in [2.45, 2.75) is 12.8 Å².